The molecule has 0 saturated heterocycles. The lowest BCUT2D eigenvalue weighted by Crippen LogP contribution is -1.84. The van der Waals surface area contributed by atoms with Crippen LogP contribution in [0.1, 0.15) is 11.1 Å². The van der Waals surface area contributed by atoms with Crippen LogP contribution < -0.4 is 0 Å². The van der Waals surface area contributed by atoms with Gasteiger partial charge in [0.15, 0.2) is 0 Å². The average Bonchev–Trinajstić information content (AvgIpc) is 2.23. The van der Waals surface area contributed by atoms with Crippen LogP contribution in [0.5, 0.6) is 0 Å². The van der Waals surface area contributed by atoms with Crippen molar-refractivity contribution in [1.82, 2.24) is 4.98 Å². The maximum Gasteiger partial charge on any atom is 0.0891 e. The van der Waals surface area contributed by atoms with Crippen LogP contribution in [-0.2, 0) is 0 Å². The van der Waals surface area contributed by atoms with Gasteiger partial charge in [-0.15, -0.1) is 0 Å². The van der Waals surface area contributed by atoms with Crippen molar-refractivity contribution in [2.75, 3.05) is 0 Å². The minimum absolute atomic E-state index is 0.734. The van der Waals surface area contributed by atoms with Gasteiger partial charge in [-0.1, -0.05) is 36.4 Å². The van der Waals surface area contributed by atoms with Crippen molar-refractivity contribution in [1.29, 1.82) is 0 Å². The summed E-state index contributed by atoms with van der Waals surface area (Å²) in [6, 6.07) is 6.05. The predicted octanol–water partition coefficient (Wildman–Crippen LogP) is 3.84. The Hall–Kier alpha value is -1.34. The lowest BCUT2D eigenvalue weighted by Gasteiger charge is -2.03. The summed E-state index contributed by atoms with van der Waals surface area (Å²) in [5, 5.41) is 1.79. The standard InChI is InChI=1S/C12H10ClN/c1-3-9-6-10-5-4-8(2)11(13)12(10)14-7-9/h3-7H,1H2,2H3. The van der Waals surface area contributed by atoms with Crippen LogP contribution in [0.3, 0.4) is 0 Å². The van der Waals surface area contributed by atoms with Gasteiger partial charge in [0.05, 0.1) is 10.5 Å². The monoisotopic (exact) mass is 203 g/mol. The average molecular weight is 204 g/mol. The van der Waals surface area contributed by atoms with Crippen molar-refractivity contribution in [3.8, 4) is 0 Å². The first-order chi connectivity index (χ1) is 6.72. The zero-order valence-corrected chi connectivity index (χ0v) is 8.67. The topological polar surface area (TPSA) is 12.9 Å². The lowest BCUT2D eigenvalue weighted by molar-refractivity contribution is 1.38. The third-order valence-corrected chi connectivity index (χ3v) is 2.72. The number of aryl methyl sites for hydroxylation is 1. The second-order valence-electron chi connectivity index (χ2n) is 3.24. The zero-order chi connectivity index (χ0) is 10.1. The number of hydrogen-bond donors (Lipinski definition) is 0. The van der Waals surface area contributed by atoms with Gasteiger partial charge in [-0.3, -0.25) is 4.98 Å². The second kappa shape index (κ2) is 3.43. The summed E-state index contributed by atoms with van der Waals surface area (Å²) < 4.78 is 0. The van der Waals surface area contributed by atoms with Gasteiger partial charge in [-0.05, 0) is 24.1 Å². The van der Waals surface area contributed by atoms with E-state index in [1.165, 1.54) is 0 Å². The van der Waals surface area contributed by atoms with Crippen molar-refractivity contribution < 1.29 is 0 Å². The van der Waals surface area contributed by atoms with Crippen LogP contribution in [0.2, 0.25) is 5.02 Å². The SMILES string of the molecule is C=Cc1cnc2c(Cl)c(C)ccc2c1. The Morgan fingerprint density at radius 1 is 1.43 bits per heavy atom. The summed E-state index contributed by atoms with van der Waals surface area (Å²) in [6.45, 7) is 5.68. The molecule has 2 heteroatoms. The molecule has 0 amide bonds. The molecule has 0 radical (unpaired) electrons. The van der Waals surface area contributed by atoms with E-state index in [2.05, 4.69) is 11.6 Å². The molecule has 1 heterocycles. The summed E-state index contributed by atoms with van der Waals surface area (Å²) in [7, 11) is 0. The van der Waals surface area contributed by atoms with E-state index in [0.29, 0.717) is 0 Å². The maximum absolute atomic E-state index is 6.13. The van der Waals surface area contributed by atoms with Crippen molar-refractivity contribution in [3.63, 3.8) is 0 Å². The molecule has 0 atom stereocenters. The van der Waals surface area contributed by atoms with Crippen LogP contribution in [-0.4, -0.2) is 4.98 Å². The van der Waals surface area contributed by atoms with E-state index < -0.39 is 0 Å². The van der Waals surface area contributed by atoms with Gasteiger partial charge in [0.2, 0.25) is 0 Å². The molecular weight excluding hydrogens is 194 g/mol. The molecule has 1 aromatic heterocycles. The molecule has 0 aliphatic carbocycles. The number of nitrogens with zero attached hydrogens (tertiary/aromatic N) is 1. The number of rotatable bonds is 1. The van der Waals surface area contributed by atoms with Crippen LogP contribution in [0.15, 0.2) is 31.0 Å². The van der Waals surface area contributed by atoms with E-state index in [9.17, 15) is 0 Å². The van der Waals surface area contributed by atoms with Gasteiger partial charge >= 0.3 is 0 Å². The van der Waals surface area contributed by atoms with Gasteiger partial charge in [-0.25, -0.2) is 0 Å². The Bertz CT molecular complexity index is 503. The molecule has 1 aromatic carbocycles. The number of halogens is 1. The first-order valence-electron chi connectivity index (χ1n) is 4.39. The molecule has 0 aliphatic rings. The van der Waals surface area contributed by atoms with Crippen LogP contribution in [0.4, 0.5) is 0 Å². The minimum Gasteiger partial charge on any atom is -0.254 e. The molecule has 0 N–H and O–H groups in total. The smallest absolute Gasteiger partial charge is 0.0891 e. The summed E-state index contributed by atoms with van der Waals surface area (Å²) in [5.41, 5.74) is 2.92. The van der Waals surface area contributed by atoms with Crippen molar-refractivity contribution in [2.45, 2.75) is 6.92 Å². The van der Waals surface area contributed by atoms with E-state index in [-0.39, 0.29) is 0 Å². The lowest BCUT2D eigenvalue weighted by atomic mass is 10.1. The van der Waals surface area contributed by atoms with Gasteiger partial charge in [-0.2, -0.15) is 0 Å². The summed E-state index contributed by atoms with van der Waals surface area (Å²) in [5.74, 6) is 0. The summed E-state index contributed by atoms with van der Waals surface area (Å²) >= 11 is 6.13. The molecule has 0 fully saturated rings. The van der Waals surface area contributed by atoms with Gasteiger partial charge in [0, 0.05) is 11.6 Å². The Balaban J connectivity index is 2.81. The Morgan fingerprint density at radius 2 is 2.21 bits per heavy atom. The van der Waals surface area contributed by atoms with Crippen LogP contribution in [0, 0.1) is 6.92 Å². The van der Waals surface area contributed by atoms with Crippen molar-refractivity contribution in [3.05, 3.63) is 47.1 Å². The fourth-order valence-electron chi connectivity index (χ4n) is 1.40. The molecule has 0 unspecified atom stereocenters. The molecule has 0 bridgehead atoms. The quantitative estimate of drug-likeness (QED) is 0.686. The number of hydrogen-bond acceptors (Lipinski definition) is 1. The maximum atomic E-state index is 6.13. The van der Waals surface area contributed by atoms with Gasteiger partial charge < -0.3 is 0 Å². The zero-order valence-electron chi connectivity index (χ0n) is 7.92. The first kappa shape index (κ1) is 9.22. The van der Waals surface area contributed by atoms with E-state index >= 15 is 0 Å². The predicted molar refractivity (Wildman–Crippen MR) is 61.6 cm³/mol. The third-order valence-electron chi connectivity index (χ3n) is 2.24. The molecular formula is C12H10ClN. The van der Waals surface area contributed by atoms with Crippen molar-refractivity contribution in [2.24, 2.45) is 0 Å². The third kappa shape index (κ3) is 1.40. The van der Waals surface area contributed by atoms with Crippen molar-refractivity contribution >= 4 is 28.6 Å². The Kier molecular flexibility index (Phi) is 2.26. The molecule has 2 aromatic rings. The molecule has 1 nitrogen and oxygen atoms in total. The van der Waals surface area contributed by atoms with Gasteiger partial charge in [0.1, 0.15) is 0 Å². The summed E-state index contributed by atoms with van der Waals surface area (Å²) in [6.07, 6.45) is 3.56. The molecule has 0 aliphatic heterocycles. The van der Waals surface area contributed by atoms with Crippen LogP contribution in [0.25, 0.3) is 17.0 Å². The number of pyridine rings is 1. The number of fused-ring (bicyclic) bond motifs is 1. The van der Waals surface area contributed by atoms with E-state index in [4.69, 9.17) is 11.6 Å². The molecule has 0 spiro atoms. The van der Waals surface area contributed by atoms with E-state index in [1.54, 1.807) is 12.3 Å². The van der Waals surface area contributed by atoms with Gasteiger partial charge in [0.25, 0.3) is 0 Å². The highest BCUT2D eigenvalue weighted by Gasteiger charge is 2.03. The second-order valence-corrected chi connectivity index (χ2v) is 3.62. The van der Waals surface area contributed by atoms with E-state index in [1.807, 2.05) is 25.1 Å². The minimum atomic E-state index is 0.734. The highest BCUT2D eigenvalue weighted by Crippen LogP contribution is 2.25. The first-order valence-corrected chi connectivity index (χ1v) is 4.77. The summed E-state index contributed by atoms with van der Waals surface area (Å²) in [4.78, 5) is 4.31. The Morgan fingerprint density at radius 3 is 2.93 bits per heavy atom. The fourth-order valence-corrected chi connectivity index (χ4v) is 1.62. The number of benzene rings is 1. The molecule has 14 heavy (non-hydrogen) atoms. The highest BCUT2D eigenvalue weighted by atomic mass is 35.5. The molecule has 0 saturated carbocycles. The fraction of sp³-hybridized carbons (Fsp3) is 0.0833. The molecule has 2 rings (SSSR count). The normalized spacial score (nSPS) is 10.4. The largest absolute Gasteiger partial charge is 0.254 e. The number of aromatic nitrogens is 1. The highest BCUT2D eigenvalue weighted by molar-refractivity contribution is 6.35. The Labute approximate surface area is 88.0 Å². The molecule has 70 valence electrons. The van der Waals surface area contributed by atoms with Crippen LogP contribution >= 0.6 is 11.6 Å². The van der Waals surface area contributed by atoms with E-state index in [0.717, 1.165) is 27.1 Å².